The molecule has 0 saturated heterocycles. The third-order valence-corrected chi connectivity index (χ3v) is 1.66. The standard InChI is InChI=1S/C7H10ClN3O2/c8-5-7(13)10-6-1-2-9-11(6)3-4-12/h1-2,12H,3-5H2,(H,10,13). The molecule has 0 aliphatic carbocycles. The van der Waals surface area contributed by atoms with Gasteiger partial charge in [0.25, 0.3) is 0 Å². The zero-order valence-electron chi connectivity index (χ0n) is 6.90. The summed E-state index contributed by atoms with van der Waals surface area (Å²) < 4.78 is 1.49. The van der Waals surface area contributed by atoms with Crippen LogP contribution in [0.1, 0.15) is 0 Å². The number of nitrogens with one attached hydrogen (secondary N) is 1. The third kappa shape index (κ3) is 2.71. The molecular formula is C7H10ClN3O2. The first-order valence-electron chi connectivity index (χ1n) is 3.76. The lowest BCUT2D eigenvalue weighted by atomic mass is 10.5. The molecule has 0 unspecified atom stereocenters. The number of aliphatic hydroxyl groups excluding tert-OH is 1. The van der Waals surface area contributed by atoms with Gasteiger partial charge in [0.2, 0.25) is 5.91 Å². The number of amides is 1. The van der Waals surface area contributed by atoms with Gasteiger partial charge in [-0.2, -0.15) is 5.10 Å². The van der Waals surface area contributed by atoms with Crippen LogP contribution in [0.3, 0.4) is 0 Å². The van der Waals surface area contributed by atoms with Gasteiger partial charge in [-0.25, -0.2) is 4.68 Å². The molecule has 0 aliphatic rings. The van der Waals surface area contributed by atoms with Crippen LogP contribution in [0.15, 0.2) is 12.3 Å². The van der Waals surface area contributed by atoms with Gasteiger partial charge in [0.15, 0.2) is 0 Å². The molecule has 1 heterocycles. The van der Waals surface area contributed by atoms with Crippen molar-refractivity contribution in [3.8, 4) is 0 Å². The average molecular weight is 204 g/mol. The molecule has 2 N–H and O–H groups in total. The highest BCUT2D eigenvalue weighted by atomic mass is 35.5. The Bertz CT molecular complexity index is 287. The smallest absolute Gasteiger partial charge is 0.240 e. The van der Waals surface area contributed by atoms with Crippen LogP contribution in [0.2, 0.25) is 0 Å². The quantitative estimate of drug-likeness (QED) is 0.680. The summed E-state index contributed by atoms with van der Waals surface area (Å²) in [6.07, 6.45) is 1.54. The monoisotopic (exact) mass is 203 g/mol. The first-order chi connectivity index (χ1) is 6.27. The van der Waals surface area contributed by atoms with Crippen LogP contribution < -0.4 is 5.32 Å². The Morgan fingerprint density at radius 2 is 2.54 bits per heavy atom. The van der Waals surface area contributed by atoms with Crippen molar-refractivity contribution in [3.63, 3.8) is 0 Å². The van der Waals surface area contributed by atoms with Gasteiger partial charge in [-0.3, -0.25) is 4.79 Å². The lowest BCUT2D eigenvalue weighted by Gasteiger charge is -2.05. The summed E-state index contributed by atoms with van der Waals surface area (Å²) in [6, 6.07) is 1.64. The maximum Gasteiger partial charge on any atom is 0.240 e. The maximum absolute atomic E-state index is 10.9. The molecule has 1 amide bonds. The molecule has 0 spiro atoms. The van der Waals surface area contributed by atoms with E-state index in [2.05, 4.69) is 10.4 Å². The minimum absolute atomic E-state index is 0.0224. The zero-order chi connectivity index (χ0) is 9.68. The summed E-state index contributed by atoms with van der Waals surface area (Å²) in [5.74, 6) is 0.158. The Labute approximate surface area is 80.3 Å². The zero-order valence-corrected chi connectivity index (χ0v) is 7.66. The van der Waals surface area contributed by atoms with Crippen molar-refractivity contribution in [2.24, 2.45) is 0 Å². The van der Waals surface area contributed by atoms with Gasteiger partial charge in [0.05, 0.1) is 19.3 Å². The normalized spacial score (nSPS) is 10.0. The predicted octanol–water partition coefficient (Wildman–Crippen LogP) is 0.0527. The first-order valence-corrected chi connectivity index (χ1v) is 4.30. The number of hydrogen-bond donors (Lipinski definition) is 2. The number of anilines is 1. The van der Waals surface area contributed by atoms with E-state index in [0.29, 0.717) is 12.4 Å². The summed E-state index contributed by atoms with van der Waals surface area (Å²) in [5.41, 5.74) is 0. The van der Waals surface area contributed by atoms with E-state index < -0.39 is 0 Å². The number of hydrogen-bond acceptors (Lipinski definition) is 3. The van der Waals surface area contributed by atoms with Crippen molar-refractivity contribution in [1.82, 2.24) is 9.78 Å². The molecule has 6 heteroatoms. The molecule has 0 bridgehead atoms. The van der Waals surface area contributed by atoms with Gasteiger partial charge in [-0.05, 0) is 0 Å². The number of rotatable bonds is 4. The highest BCUT2D eigenvalue weighted by Gasteiger charge is 2.04. The van der Waals surface area contributed by atoms with E-state index in [1.54, 1.807) is 12.3 Å². The molecule has 0 saturated carbocycles. The van der Waals surface area contributed by atoms with E-state index in [1.165, 1.54) is 4.68 Å². The van der Waals surface area contributed by atoms with E-state index in [9.17, 15) is 4.79 Å². The topological polar surface area (TPSA) is 67.2 Å². The van der Waals surface area contributed by atoms with Crippen molar-refractivity contribution >= 4 is 23.3 Å². The molecule has 0 fully saturated rings. The predicted molar refractivity (Wildman–Crippen MR) is 48.7 cm³/mol. The van der Waals surface area contributed by atoms with Gasteiger partial charge >= 0.3 is 0 Å². The van der Waals surface area contributed by atoms with Gasteiger partial charge in [0.1, 0.15) is 11.7 Å². The first kappa shape index (κ1) is 10.0. The molecular weight excluding hydrogens is 194 g/mol. The van der Waals surface area contributed by atoms with Gasteiger partial charge in [0, 0.05) is 6.07 Å². The fraction of sp³-hybridized carbons (Fsp3) is 0.429. The highest BCUT2D eigenvalue weighted by Crippen LogP contribution is 2.05. The van der Waals surface area contributed by atoms with E-state index in [4.69, 9.17) is 16.7 Å². The Morgan fingerprint density at radius 3 is 3.15 bits per heavy atom. The molecule has 5 nitrogen and oxygen atoms in total. The number of alkyl halides is 1. The molecule has 0 aliphatic heterocycles. The van der Waals surface area contributed by atoms with Crippen molar-refractivity contribution in [2.75, 3.05) is 17.8 Å². The SMILES string of the molecule is O=C(CCl)Nc1ccnn1CCO. The van der Waals surface area contributed by atoms with Crippen LogP contribution in [0.4, 0.5) is 5.82 Å². The lowest BCUT2D eigenvalue weighted by Crippen LogP contribution is -2.17. The van der Waals surface area contributed by atoms with E-state index in [0.717, 1.165) is 0 Å². The molecule has 72 valence electrons. The molecule has 1 aromatic heterocycles. The fourth-order valence-corrected chi connectivity index (χ4v) is 0.955. The van der Waals surface area contributed by atoms with Crippen molar-refractivity contribution in [1.29, 1.82) is 0 Å². The van der Waals surface area contributed by atoms with Gasteiger partial charge < -0.3 is 10.4 Å². The Kier molecular flexibility index (Phi) is 3.72. The second kappa shape index (κ2) is 4.84. The second-order valence-electron chi connectivity index (χ2n) is 2.35. The number of carbonyl (C=O) groups excluding carboxylic acids is 1. The van der Waals surface area contributed by atoms with Gasteiger partial charge in [-0.15, -0.1) is 11.6 Å². The minimum Gasteiger partial charge on any atom is -0.394 e. The fourth-order valence-electron chi connectivity index (χ4n) is 0.888. The Morgan fingerprint density at radius 1 is 1.77 bits per heavy atom. The number of aromatic nitrogens is 2. The van der Waals surface area contributed by atoms with Crippen LogP contribution in [0.5, 0.6) is 0 Å². The van der Waals surface area contributed by atoms with Crippen LogP contribution in [0.25, 0.3) is 0 Å². The second-order valence-corrected chi connectivity index (χ2v) is 2.61. The Balaban J connectivity index is 2.64. The summed E-state index contributed by atoms with van der Waals surface area (Å²) in [6.45, 7) is 0.330. The lowest BCUT2D eigenvalue weighted by molar-refractivity contribution is -0.114. The summed E-state index contributed by atoms with van der Waals surface area (Å²) >= 11 is 5.31. The maximum atomic E-state index is 10.9. The molecule has 1 rings (SSSR count). The van der Waals surface area contributed by atoms with Crippen LogP contribution in [-0.2, 0) is 11.3 Å². The van der Waals surface area contributed by atoms with Crippen LogP contribution in [-0.4, -0.2) is 33.3 Å². The summed E-state index contributed by atoms with van der Waals surface area (Å²) in [5, 5.41) is 15.1. The molecule has 0 atom stereocenters. The Hall–Kier alpha value is -1.07. The largest absolute Gasteiger partial charge is 0.394 e. The molecule has 0 radical (unpaired) electrons. The average Bonchev–Trinajstić information content (AvgIpc) is 2.54. The number of carbonyl (C=O) groups is 1. The van der Waals surface area contributed by atoms with Crippen molar-refractivity contribution in [3.05, 3.63) is 12.3 Å². The van der Waals surface area contributed by atoms with Crippen molar-refractivity contribution in [2.45, 2.75) is 6.54 Å². The van der Waals surface area contributed by atoms with E-state index in [-0.39, 0.29) is 18.4 Å². The summed E-state index contributed by atoms with van der Waals surface area (Å²) in [7, 11) is 0. The highest BCUT2D eigenvalue weighted by molar-refractivity contribution is 6.28. The molecule has 13 heavy (non-hydrogen) atoms. The van der Waals surface area contributed by atoms with E-state index in [1.807, 2.05) is 0 Å². The minimum atomic E-state index is -0.290. The summed E-state index contributed by atoms with van der Waals surface area (Å²) in [4.78, 5) is 10.9. The van der Waals surface area contributed by atoms with Crippen LogP contribution in [0, 0.1) is 0 Å². The molecule has 1 aromatic rings. The molecule has 0 aromatic carbocycles. The number of nitrogens with zero attached hydrogens (tertiary/aromatic N) is 2. The van der Waals surface area contributed by atoms with Crippen molar-refractivity contribution < 1.29 is 9.90 Å². The van der Waals surface area contributed by atoms with Gasteiger partial charge in [-0.1, -0.05) is 0 Å². The van der Waals surface area contributed by atoms with E-state index >= 15 is 0 Å². The third-order valence-electron chi connectivity index (χ3n) is 1.42. The number of halogens is 1. The van der Waals surface area contributed by atoms with Crippen LogP contribution >= 0.6 is 11.6 Å². The number of aliphatic hydroxyl groups is 1.